The first-order valence-corrected chi connectivity index (χ1v) is 9.53. The fourth-order valence-electron chi connectivity index (χ4n) is 4.12. The first kappa shape index (κ1) is 15.9. The number of ether oxygens (including phenoxy) is 2. The quantitative estimate of drug-likeness (QED) is 0.756. The molecule has 0 aliphatic carbocycles. The van der Waals surface area contributed by atoms with Crippen LogP contribution in [-0.4, -0.2) is 42.8 Å². The number of amides is 1. The van der Waals surface area contributed by atoms with E-state index in [2.05, 4.69) is 15.2 Å². The van der Waals surface area contributed by atoms with Gasteiger partial charge in [0.05, 0.1) is 25.4 Å². The highest BCUT2D eigenvalue weighted by atomic mass is 16.5. The van der Waals surface area contributed by atoms with E-state index in [1.165, 1.54) is 0 Å². The third-order valence-electron chi connectivity index (χ3n) is 5.93. The zero-order chi connectivity index (χ0) is 18.7. The van der Waals surface area contributed by atoms with Gasteiger partial charge in [0.2, 0.25) is 0 Å². The summed E-state index contributed by atoms with van der Waals surface area (Å²) in [7, 11) is 0. The Bertz CT molecular complexity index is 1100. The Labute approximate surface area is 161 Å². The fraction of sp³-hybridized carbons (Fsp3) is 0.333. The van der Waals surface area contributed by atoms with Gasteiger partial charge in [-0.05, 0) is 48.4 Å². The number of oxazole rings is 1. The standard InChI is InChI=1S/C21H19N3O4/c25-19(22-15-2-4-17-13(9-15)5-8-27-17)14-1-3-18-16(10-14)23-20(28-18)24-7-6-21(24)11-26-12-21/h1-4,9-10H,5-8,11-12H2,(H,22,25). The smallest absolute Gasteiger partial charge is 0.299 e. The van der Waals surface area contributed by atoms with Gasteiger partial charge in [0.25, 0.3) is 11.9 Å². The molecule has 142 valence electrons. The molecule has 0 bridgehead atoms. The maximum Gasteiger partial charge on any atom is 0.299 e. The molecule has 6 rings (SSSR count). The monoisotopic (exact) mass is 377 g/mol. The van der Waals surface area contributed by atoms with Crippen molar-refractivity contribution in [3.8, 4) is 5.75 Å². The van der Waals surface area contributed by atoms with Gasteiger partial charge >= 0.3 is 0 Å². The summed E-state index contributed by atoms with van der Waals surface area (Å²) >= 11 is 0. The highest BCUT2D eigenvalue weighted by Crippen LogP contribution is 2.41. The molecule has 1 amide bonds. The normalized spacial score (nSPS) is 19.1. The van der Waals surface area contributed by atoms with Gasteiger partial charge in [-0.2, -0.15) is 4.98 Å². The maximum absolute atomic E-state index is 12.7. The van der Waals surface area contributed by atoms with E-state index in [9.17, 15) is 4.79 Å². The summed E-state index contributed by atoms with van der Waals surface area (Å²) in [5.74, 6) is 0.730. The van der Waals surface area contributed by atoms with Crippen LogP contribution in [0.1, 0.15) is 22.3 Å². The Hall–Kier alpha value is -3.06. The number of hydrogen-bond acceptors (Lipinski definition) is 6. The molecule has 28 heavy (non-hydrogen) atoms. The van der Waals surface area contributed by atoms with Gasteiger partial charge in [0.1, 0.15) is 11.3 Å². The van der Waals surface area contributed by atoms with Crippen LogP contribution in [0.5, 0.6) is 5.75 Å². The molecule has 0 saturated carbocycles. The minimum atomic E-state index is -0.168. The molecule has 3 aromatic rings. The lowest BCUT2D eigenvalue weighted by Crippen LogP contribution is -2.71. The van der Waals surface area contributed by atoms with Gasteiger partial charge < -0.3 is 24.1 Å². The van der Waals surface area contributed by atoms with Crippen LogP contribution in [0, 0.1) is 0 Å². The predicted molar refractivity (Wildman–Crippen MR) is 103 cm³/mol. The second-order valence-electron chi connectivity index (χ2n) is 7.67. The van der Waals surface area contributed by atoms with Crippen LogP contribution in [0.4, 0.5) is 11.7 Å². The van der Waals surface area contributed by atoms with Crippen molar-refractivity contribution >= 4 is 28.7 Å². The average molecular weight is 377 g/mol. The largest absolute Gasteiger partial charge is 0.493 e. The number of aromatic nitrogens is 1. The molecular weight excluding hydrogens is 358 g/mol. The second-order valence-corrected chi connectivity index (χ2v) is 7.67. The van der Waals surface area contributed by atoms with Gasteiger partial charge in [-0.1, -0.05) is 0 Å². The SMILES string of the molecule is O=C(Nc1ccc2c(c1)CCO2)c1ccc2oc(N3CCC34COC4)nc2c1. The molecule has 1 spiro atoms. The van der Waals surface area contributed by atoms with Gasteiger partial charge in [-0.3, -0.25) is 4.79 Å². The molecule has 0 atom stereocenters. The van der Waals surface area contributed by atoms with Crippen molar-refractivity contribution in [1.82, 2.24) is 4.98 Å². The van der Waals surface area contributed by atoms with Gasteiger partial charge in [-0.25, -0.2) is 0 Å². The summed E-state index contributed by atoms with van der Waals surface area (Å²) in [5, 5.41) is 2.96. The predicted octanol–water partition coefficient (Wildman–Crippen LogP) is 2.99. The van der Waals surface area contributed by atoms with E-state index in [0.717, 1.165) is 49.6 Å². The van der Waals surface area contributed by atoms with E-state index in [4.69, 9.17) is 13.9 Å². The van der Waals surface area contributed by atoms with Crippen LogP contribution >= 0.6 is 0 Å². The Balaban J connectivity index is 1.24. The van der Waals surface area contributed by atoms with Crippen molar-refractivity contribution < 1.29 is 18.7 Å². The van der Waals surface area contributed by atoms with Crippen LogP contribution in [0.15, 0.2) is 40.8 Å². The summed E-state index contributed by atoms with van der Waals surface area (Å²) in [6.45, 7) is 3.07. The lowest BCUT2D eigenvalue weighted by Gasteiger charge is -2.56. The number of benzene rings is 2. The molecule has 0 radical (unpaired) electrons. The van der Waals surface area contributed by atoms with Crippen molar-refractivity contribution in [2.24, 2.45) is 0 Å². The summed E-state index contributed by atoms with van der Waals surface area (Å²) in [5.41, 5.74) is 3.88. The van der Waals surface area contributed by atoms with E-state index < -0.39 is 0 Å². The molecule has 1 N–H and O–H groups in total. The molecule has 3 aliphatic rings. The lowest BCUT2D eigenvalue weighted by atomic mass is 9.83. The van der Waals surface area contributed by atoms with Crippen LogP contribution in [0.2, 0.25) is 0 Å². The molecule has 2 aromatic carbocycles. The number of nitrogens with one attached hydrogen (secondary N) is 1. The van der Waals surface area contributed by atoms with Gasteiger partial charge in [0.15, 0.2) is 5.58 Å². The summed E-state index contributed by atoms with van der Waals surface area (Å²) in [6, 6.07) is 11.7. The number of carbonyl (C=O) groups is 1. The van der Waals surface area contributed by atoms with E-state index >= 15 is 0 Å². The van der Waals surface area contributed by atoms with E-state index in [-0.39, 0.29) is 11.4 Å². The van der Waals surface area contributed by atoms with Crippen molar-refractivity contribution in [1.29, 1.82) is 0 Å². The molecular formula is C21H19N3O4. The zero-order valence-corrected chi connectivity index (χ0v) is 15.2. The van der Waals surface area contributed by atoms with Crippen molar-refractivity contribution in [2.45, 2.75) is 18.4 Å². The lowest BCUT2D eigenvalue weighted by molar-refractivity contribution is -0.0870. The van der Waals surface area contributed by atoms with Crippen LogP contribution in [0.3, 0.4) is 0 Å². The maximum atomic E-state index is 12.7. The fourth-order valence-corrected chi connectivity index (χ4v) is 4.12. The van der Waals surface area contributed by atoms with Gasteiger partial charge in [-0.15, -0.1) is 0 Å². The van der Waals surface area contributed by atoms with Crippen LogP contribution in [0.25, 0.3) is 11.1 Å². The summed E-state index contributed by atoms with van der Waals surface area (Å²) < 4.78 is 16.8. The highest BCUT2D eigenvalue weighted by molar-refractivity contribution is 6.06. The minimum Gasteiger partial charge on any atom is -0.493 e. The zero-order valence-electron chi connectivity index (χ0n) is 15.2. The molecule has 2 fully saturated rings. The molecule has 7 heteroatoms. The van der Waals surface area contributed by atoms with Crippen LogP contribution in [-0.2, 0) is 11.2 Å². The van der Waals surface area contributed by atoms with Crippen LogP contribution < -0.4 is 15.0 Å². The van der Waals surface area contributed by atoms with E-state index in [1.807, 2.05) is 18.2 Å². The first-order chi connectivity index (χ1) is 13.7. The van der Waals surface area contributed by atoms with E-state index in [0.29, 0.717) is 29.3 Å². The molecule has 7 nitrogen and oxygen atoms in total. The van der Waals surface area contributed by atoms with Crippen molar-refractivity contribution in [3.63, 3.8) is 0 Å². The minimum absolute atomic E-state index is 0.0678. The Morgan fingerprint density at radius 1 is 1.18 bits per heavy atom. The highest BCUT2D eigenvalue weighted by Gasteiger charge is 2.52. The Morgan fingerprint density at radius 2 is 2.11 bits per heavy atom. The number of hydrogen-bond donors (Lipinski definition) is 1. The molecule has 3 aliphatic heterocycles. The number of carbonyl (C=O) groups excluding carboxylic acids is 1. The number of fused-ring (bicyclic) bond motifs is 2. The van der Waals surface area contributed by atoms with Crippen molar-refractivity contribution in [2.75, 3.05) is 36.6 Å². The van der Waals surface area contributed by atoms with Gasteiger partial charge in [0, 0.05) is 24.2 Å². The third kappa shape index (κ3) is 2.32. The van der Waals surface area contributed by atoms with E-state index in [1.54, 1.807) is 18.2 Å². The first-order valence-electron chi connectivity index (χ1n) is 9.53. The number of anilines is 2. The number of nitrogens with zero attached hydrogens (tertiary/aromatic N) is 2. The second kappa shape index (κ2) is 5.72. The molecule has 4 heterocycles. The molecule has 1 aromatic heterocycles. The summed E-state index contributed by atoms with van der Waals surface area (Å²) in [6.07, 6.45) is 1.97. The Morgan fingerprint density at radius 3 is 2.89 bits per heavy atom. The number of rotatable bonds is 3. The topological polar surface area (TPSA) is 76.8 Å². The summed E-state index contributed by atoms with van der Waals surface area (Å²) in [4.78, 5) is 19.5. The average Bonchev–Trinajstić information content (AvgIpc) is 3.24. The van der Waals surface area contributed by atoms with Crippen molar-refractivity contribution in [3.05, 3.63) is 47.5 Å². The third-order valence-corrected chi connectivity index (χ3v) is 5.93. The molecule has 2 saturated heterocycles. The Kier molecular flexibility index (Phi) is 3.26. The molecule has 0 unspecified atom stereocenters.